The van der Waals surface area contributed by atoms with Crippen LogP contribution in [0.15, 0.2) is 30.6 Å². The summed E-state index contributed by atoms with van der Waals surface area (Å²) in [6.07, 6.45) is 3.80. The first-order valence-electron chi connectivity index (χ1n) is 8.36. The highest BCUT2D eigenvalue weighted by atomic mass is 19.1. The molecule has 1 aromatic carbocycles. The summed E-state index contributed by atoms with van der Waals surface area (Å²) >= 11 is 0. The largest absolute Gasteiger partial charge is 0.359 e. The van der Waals surface area contributed by atoms with Crippen LogP contribution >= 0.6 is 0 Å². The number of anilines is 3. The Morgan fingerprint density at radius 3 is 2.84 bits per heavy atom. The molecule has 1 aliphatic heterocycles. The number of aromatic nitrogens is 2. The molecule has 3 rings (SSSR count). The number of hydrogen-bond acceptors (Lipinski definition) is 6. The van der Waals surface area contributed by atoms with Crippen LogP contribution in [0, 0.1) is 23.1 Å². The first-order chi connectivity index (χ1) is 12.2. The fourth-order valence-corrected chi connectivity index (χ4v) is 2.99. The molecule has 25 heavy (non-hydrogen) atoms. The summed E-state index contributed by atoms with van der Waals surface area (Å²) in [4.78, 5) is 10.6. The quantitative estimate of drug-likeness (QED) is 0.871. The highest BCUT2D eigenvalue weighted by molar-refractivity contribution is 5.60. The molecule has 0 spiro atoms. The van der Waals surface area contributed by atoms with E-state index < -0.39 is 5.82 Å². The fourth-order valence-electron chi connectivity index (χ4n) is 2.99. The second-order valence-corrected chi connectivity index (χ2v) is 6.27. The molecule has 0 bridgehead atoms. The zero-order valence-corrected chi connectivity index (χ0v) is 14.2. The summed E-state index contributed by atoms with van der Waals surface area (Å²) in [6, 6.07) is 8.03. The Hall–Kier alpha value is -2.72. The predicted octanol–water partition coefficient (Wildman–Crippen LogP) is 2.67. The van der Waals surface area contributed by atoms with E-state index in [4.69, 9.17) is 5.26 Å². The van der Waals surface area contributed by atoms with Gasteiger partial charge in [-0.25, -0.2) is 14.4 Å². The Labute approximate surface area is 146 Å². The van der Waals surface area contributed by atoms with Gasteiger partial charge in [-0.05, 0) is 50.0 Å². The lowest BCUT2D eigenvalue weighted by molar-refractivity contribution is 0.377. The van der Waals surface area contributed by atoms with Crippen LogP contribution in [-0.2, 0) is 0 Å². The minimum atomic E-state index is -0.484. The molecule has 0 aliphatic carbocycles. The molecule has 2 aromatic rings. The number of hydrogen-bond donors (Lipinski definition) is 2. The van der Waals surface area contributed by atoms with Gasteiger partial charge in [0.25, 0.3) is 0 Å². The normalized spacial score (nSPS) is 14.8. The van der Waals surface area contributed by atoms with Gasteiger partial charge in [0.15, 0.2) is 0 Å². The van der Waals surface area contributed by atoms with Crippen LogP contribution in [0.3, 0.4) is 0 Å². The number of rotatable bonds is 5. The van der Waals surface area contributed by atoms with Crippen molar-refractivity contribution in [3.63, 3.8) is 0 Å². The average molecular weight is 340 g/mol. The molecule has 2 heterocycles. The summed E-state index contributed by atoms with van der Waals surface area (Å²) in [5.74, 6) is 1.48. The first-order valence-corrected chi connectivity index (χ1v) is 8.36. The molecule has 0 saturated carbocycles. The number of benzene rings is 1. The van der Waals surface area contributed by atoms with Gasteiger partial charge >= 0.3 is 0 Å². The van der Waals surface area contributed by atoms with E-state index in [9.17, 15) is 4.39 Å². The molecule has 1 saturated heterocycles. The Bertz CT molecular complexity index is 766. The van der Waals surface area contributed by atoms with Crippen molar-refractivity contribution in [3.8, 4) is 6.07 Å². The second-order valence-electron chi connectivity index (χ2n) is 6.27. The van der Waals surface area contributed by atoms with Crippen molar-refractivity contribution in [2.75, 3.05) is 36.9 Å². The third-order valence-corrected chi connectivity index (χ3v) is 4.40. The van der Waals surface area contributed by atoms with E-state index in [0.29, 0.717) is 11.7 Å². The number of nitrogens with one attached hydrogen (secondary N) is 2. The molecule has 1 aliphatic rings. The molecule has 2 N–H and O–H groups in total. The minimum Gasteiger partial charge on any atom is -0.359 e. The van der Waals surface area contributed by atoms with Gasteiger partial charge in [-0.1, -0.05) is 0 Å². The molecule has 1 fully saturated rings. The molecule has 0 radical (unpaired) electrons. The van der Waals surface area contributed by atoms with Crippen LogP contribution in [0.2, 0.25) is 0 Å². The first kappa shape index (κ1) is 17.1. The zero-order valence-electron chi connectivity index (χ0n) is 14.2. The molecule has 6 nitrogen and oxygen atoms in total. The van der Waals surface area contributed by atoms with Crippen LogP contribution in [0.25, 0.3) is 0 Å². The number of nitriles is 1. The smallest absolute Gasteiger partial charge is 0.147 e. The topological polar surface area (TPSA) is 76.9 Å². The van der Waals surface area contributed by atoms with E-state index in [1.165, 1.54) is 18.5 Å². The summed E-state index contributed by atoms with van der Waals surface area (Å²) in [5.41, 5.74) is 0.567. The summed E-state index contributed by atoms with van der Waals surface area (Å²) in [5, 5.41) is 15.1. The van der Waals surface area contributed by atoms with E-state index in [2.05, 4.69) is 25.5 Å². The highest BCUT2D eigenvalue weighted by Gasteiger charge is 2.16. The van der Waals surface area contributed by atoms with Gasteiger partial charge in [0.1, 0.15) is 23.8 Å². The van der Waals surface area contributed by atoms with Gasteiger partial charge in [0.2, 0.25) is 0 Å². The van der Waals surface area contributed by atoms with Crippen molar-refractivity contribution in [3.05, 3.63) is 42.0 Å². The van der Waals surface area contributed by atoms with Gasteiger partial charge in [-0.15, -0.1) is 0 Å². The van der Waals surface area contributed by atoms with Crippen molar-refractivity contribution < 1.29 is 4.39 Å². The predicted molar refractivity (Wildman–Crippen MR) is 95.3 cm³/mol. The monoisotopic (exact) mass is 340 g/mol. The molecular formula is C18H21FN6. The Morgan fingerprint density at radius 1 is 1.32 bits per heavy atom. The number of halogens is 1. The maximum absolute atomic E-state index is 14.0. The highest BCUT2D eigenvalue weighted by Crippen LogP contribution is 2.22. The molecule has 0 unspecified atom stereocenters. The van der Waals surface area contributed by atoms with Crippen molar-refractivity contribution in [1.29, 1.82) is 5.26 Å². The van der Waals surface area contributed by atoms with Crippen molar-refractivity contribution in [2.24, 2.45) is 5.92 Å². The van der Waals surface area contributed by atoms with Crippen LogP contribution < -0.4 is 15.5 Å². The SMILES string of the molecule is CN(CC1CCNCC1)c1cc(Nc2ccc(C#N)cc2F)ncn1. The standard InChI is InChI=1S/C18H21FN6/c1-25(11-13-4-6-21-7-5-13)18-9-17(22-12-23-18)24-16-3-2-14(10-20)8-15(16)19/h2-3,8-9,12-13,21H,4-7,11H2,1H3,(H,22,23,24). The maximum atomic E-state index is 14.0. The Kier molecular flexibility index (Phi) is 5.41. The fraction of sp³-hybridized carbons (Fsp3) is 0.389. The Balaban J connectivity index is 1.69. The summed E-state index contributed by atoms with van der Waals surface area (Å²) < 4.78 is 14.0. The lowest BCUT2D eigenvalue weighted by Crippen LogP contribution is -2.34. The third kappa shape index (κ3) is 4.43. The Morgan fingerprint density at radius 2 is 2.12 bits per heavy atom. The van der Waals surface area contributed by atoms with Gasteiger partial charge in [-0.2, -0.15) is 5.26 Å². The van der Waals surface area contributed by atoms with Crippen molar-refractivity contribution in [1.82, 2.24) is 15.3 Å². The van der Waals surface area contributed by atoms with E-state index in [1.54, 1.807) is 12.1 Å². The summed E-state index contributed by atoms with van der Waals surface area (Å²) in [6.45, 7) is 3.06. The van der Waals surface area contributed by atoms with Gasteiger partial charge in [0, 0.05) is 19.7 Å². The molecular weight excluding hydrogens is 319 g/mol. The second kappa shape index (κ2) is 7.90. The molecule has 130 valence electrons. The van der Waals surface area contributed by atoms with E-state index >= 15 is 0 Å². The average Bonchev–Trinajstić information content (AvgIpc) is 2.64. The number of nitrogens with zero attached hydrogens (tertiary/aromatic N) is 4. The van der Waals surface area contributed by atoms with Crippen LogP contribution in [0.5, 0.6) is 0 Å². The zero-order chi connectivity index (χ0) is 17.6. The third-order valence-electron chi connectivity index (χ3n) is 4.40. The van der Waals surface area contributed by atoms with Crippen LogP contribution in [0.4, 0.5) is 21.7 Å². The molecule has 0 atom stereocenters. The minimum absolute atomic E-state index is 0.282. The van der Waals surface area contributed by atoms with E-state index in [0.717, 1.165) is 38.3 Å². The van der Waals surface area contributed by atoms with Crippen molar-refractivity contribution in [2.45, 2.75) is 12.8 Å². The maximum Gasteiger partial charge on any atom is 0.147 e. The van der Waals surface area contributed by atoms with Gasteiger partial charge in [-0.3, -0.25) is 0 Å². The molecule has 1 aromatic heterocycles. The van der Waals surface area contributed by atoms with E-state index in [1.807, 2.05) is 13.1 Å². The van der Waals surface area contributed by atoms with Crippen LogP contribution in [-0.4, -0.2) is 36.6 Å². The lowest BCUT2D eigenvalue weighted by atomic mass is 9.98. The number of piperidine rings is 1. The summed E-state index contributed by atoms with van der Waals surface area (Å²) in [7, 11) is 2.01. The molecule has 0 amide bonds. The van der Waals surface area contributed by atoms with Crippen molar-refractivity contribution >= 4 is 17.3 Å². The van der Waals surface area contributed by atoms with Gasteiger partial charge < -0.3 is 15.5 Å². The molecule has 7 heteroatoms. The van der Waals surface area contributed by atoms with E-state index in [-0.39, 0.29) is 11.3 Å². The van der Waals surface area contributed by atoms with Gasteiger partial charge in [0.05, 0.1) is 17.3 Å². The van der Waals surface area contributed by atoms with Crippen LogP contribution in [0.1, 0.15) is 18.4 Å². The lowest BCUT2D eigenvalue weighted by Gasteiger charge is -2.28.